The summed E-state index contributed by atoms with van der Waals surface area (Å²) in [5.74, 6) is 0.144. The van der Waals surface area contributed by atoms with Gasteiger partial charge in [-0.3, -0.25) is 4.79 Å². The molecule has 10 heavy (non-hydrogen) atoms. The summed E-state index contributed by atoms with van der Waals surface area (Å²) in [5, 5.41) is 7.78. The fourth-order valence-electron chi connectivity index (χ4n) is 1.02. The average molecular weight is 140 g/mol. The highest BCUT2D eigenvalue weighted by Gasteiger charge is 2.13. The maximum absolute atomic E-state index is 10.8. The predicted molar refractivity (Wildman–Crippen MR) is 38.0 cm³/mol. The topological polar surface area (TPSA) is 41.8 Å². The number of ketones is 1. The molecule has 1 rings (SSSR count). The first-order valence-electron chi connectivity index (χ1n) is 3.68. The van der Waals surface area contributed by atoms with Crippen LogP contribution in [0.5, 0.6) is 0 Å². The fourth-order valence-corrected chi connectivity index (χ4v) is 1.02. The van der Waals surface area contributed by atoms with Crippen LogP contribution in [-0.2, 0) is 4.79 Å². The molecule has 0 saturated carbocycles. The Labute approximate surface area is 60.5 Å². The molecule has 1 unspecified atom stereocenters. The number of rotatable bonds is 1. The molecule has 3 nitrogen and oxygen atoms in total. The molecular weight excluding hydrogens is 128 g/mol. The quantitative estimate of drug-likeness (QED) is 0.545. The number of hydrogen-bond acceptors (Lipinski definition) is 3. The third-order valence-electron chi connectivity index (χ3n) is 1.68. The fraction of sp³-hybridized carbons (Fsp3) is 0.857. The molecule has 1 aliphatic rings. The lowest BCUT2D eigenvalue weighted by Crippen LogP contribution is -2.13. The van der Waals surface area contributed by atoms with Crippen molar-refractivity contribution in [1.82, 2.24) is 0 Å². The van der Waals surface area contributed by atoms with Crippen molar-refractivity contribution in [2.24, 2.45) is 10.2 Å². The van der Waals surface area contributed by atoms with Crippen LogP contribution in [0.15, 0.2) is 10.2 Å². The minimum absolute atomic E-state index is 0.137. The molecule has 1 atom stereocenters. The van der Waals surface area contributed by atoms with Crippen LogP contribution in [0, 0.1) is 0 Å². The number of hydrogen-bond donors (Lipinski definition) is 0. The second-order valence-electron chi connectivity index (χ2n) is 2.60. The first-order chi connectivity index (χ1) is 4.80. The van der Waals surface area contributed by atoms with E-state index in [9.17, 15) is 4.79 Å². The average Bonchev–Trinajstić information content (AvgIpc) is 2.12. The lowest BCUT2D eigenvalue weighted by Gasteiger charge is -2.01. The van der Waals surface area contributed by atoms with Crippen LogP contribution in [0.4, 0.5) is 0 Å². The minimum atomic E-state index is -0.137. The molecule has 0 spiro atoms. The largest absolute Gasteiger partial charge is 0.298 e. The third kappa shape index (κ3) is 1.90. The number of Topliss-reactive ketones (excluding diaryl/α,β-unsaturated/α-hetero) is 1. The van der Waals surface area contributed by atoms with Crippen LogP contribution >= 0.6 is 0 Å². The highest BCUT2D eigenvalue weighted by Crippen LogP contribution is 2.10. The summed E-state index contributed by atoms with van der Waals surface area (Å²) in [6.07, 6.45) is 3.04. The van der Waals surface area contributed by atoms with Crippen LogP contribution in [0.2, 0.25) is 0 Å². The highest BCUT2D eigenvalue weighted by atomic mass is 16.1. The number of carbonyl (C=O) groups excluding carboxylic acids is 1. The van der Waals surface area contributed by atoms with Gasteiger partial charge in [0.1, 0.15) is 6.04 Å². The van der Waals surface area contributed by atoms with Crippen LogP contribution in [0.3, 0.4) is 0 Å². The minimum Gasteiger partial charge on any atom is -0.298 e. The van der Waals surface area contributed by atoms with E-state index < -0.39 is 0 Å². The van der Waals surface area contributed by atoms with Gasteiger partial charge < -0.3 is 0 Å². The molecule has 3 heteroatoms. The molecule has 0 amide bonds. The van der Waals surface area contributed by atoms with E-state index in [2.05, 4.69) is 10.2 Å². The van der Waals surface area contributed by atoms with E-state index in [4.69, 9.17) is 0 Å². The van der Waals surface area contributed by atoms with Crippen molar-refractivity contribution < 1.29 is 4.79 Å². The van der Waals surface area contributed by atoms with Crippen molar-refractivity contribution in [3.05, 3.63) is 0 Å². The van der Waals surface area contributed by atoms with E-state index in [0.29, 0.717) is 0 Å². The van der Waals surface area contributed by atoms with Crippen LogP contribution in [0.1, 0.15) is 26.2 Å². The van der Waals surface area contributed by atoms with Crippen LogP contribution in [0.25, 0.3) is 0 Å². The molecule has 0 saturated heterocycles. The Balaban J connectivity index is 2.49. The molecule has 0 radical (unpaired) electrons. The van der Waals surface area contributed by atoms with Gasteiger partial charge in [0.15, 0.2) is 5.78 Å². The van der Waals surface area contributed by atoms with Crippen molar-refractivity contribution in [1.29, 1.82) is 0 Å². The molecule has 1 aliphatic heterocycles. The summed E-state index contributed by atoms with van der Waals surface area (Å²) in [6.45, 7) is 2.37. The molecule has 0 fully saturated rings. The first-order valence-corrected chi connectivity index (χ1v) is 3.68. The second kappa shape index (κ2) is 3.44. The Morgan fingerprint density at radius 1 is 1.50 bits per heavy atom. The number of nitrogens with zero attached hydrogens (tertiary/aromatic N) is 2. The van der Waals surface area contributed by atoms with Crippen molar-refractivity contribution in [3.63, 3.8) is 0 Å². The Bertz CT molecular complexity index is 154. The van der Waals surface area contributed by atoms with E-state index in [-0.39, 0.29) is 11.8 Å². The molecule has 0 aliphatic carbocycles. The number of azo groups is 1. The van der Waals surface area contributed by atoms with Crippen LogP contribution in [-0.4, -0.2) is 18.4 Å². The van der Waals surface area contributed by atoms with Gasteiger partial charge >= 0.3 is 0 Å². The zero-order valence-corrected chi connectivity index (χ0v) is 6.21. The van der Waals surface area contributed by atoms with Gasteiger partial charge in [0.2, 0.25) is 0 Å². The summed E-state index contributed by atoms with van der Waals surface area (Å²) >= 11 is 0. The van der Waals surface area contributed by atoms with Gasteiger partial charge in [-0.25, -0.2) is 0 Å². The predicted octanol–water partition coefficient (Wildman–Crippen LogP) is 1.58. The van der Waals surface area contributed by atoms with E-state index in [1.165, 1.54) is 0 Å². The van der Waals surface area contributed by atoms with Gasteiger partial charge in [-0.05, 0) is 26.2 Å². The Morgan fingerprint density at radius 3 is 3.00 bits per heavy atom. The SMILES string of the molecule is CC(=O)C1CCCCN=N1. The molecule has 1 heterocycles. The van der Waals surface area contributed by atoms with E-state index in [0.717, 1.165) is 25.8 Å². The second-order valence-corrected chi connectivity index (χ2v) is 2.60. The normalized spacial score (nSPS) is 25.9. The van der Waals surface area contributed by atoms with Crippen molar-refractivity contribution in [2.45, 2.75) is 32.2 Å². The Hall–Kier alpha value is -0.730. The molecule has 0 aromatic rings. The third-order valence-corrected chi connectivity index (χ3v) is 1.68. The highest BCUT2D eigenvalue weighted by molar-refractivity contribution is 5.81. The lowest BCUT2D eigenvalue weighted by molar-refractivity contribution is -0.118. The Morgan fingerprint density at radius 2 is 2.30 bits per heavy atom. The monoisotopic (exact) mass is 140 g/mol. The summed E-state index contributed by atoms with van der Waals surface area (Å²) in [4.78, 5) is 10.8. The summed E-state index contributed by atoms with van der Waals surface area (Å²) in [5.41, 5.74) is 0. The number of carbonyl (C=O) groups is 1. The molecular formula is C7H12N2O. The molecule has 0 aromatic heterocycles. The summed E-state index contributed by atoms with van der Waals surface area (Å²) in [7, 11) is 0. The molecule has 0 bridgehead atoms. The van der Waals surface area contributed by atoms with Gasteiger partial charge in [-0.15, -0.1) is 0 Å². The summed E-state index contributed by atoms with van der Waals surface area (Å²) in [6, 6.07) is -0.137. The molecule has 0 aromatic carbocycles. The van der Waals surface area contributed by atoms with Crippen LogP contribution < -0.4 is 0 Å². The maximum Gasteiger partial charge on any atom is 0.156 e. The maximum atomic E-state index is 10.8. The first kappa shape index (κ1) is 7.38. The Kier molecular flexibility index (Phi) is 2.54. The molecule has 0 N–H and O–H groups in total. The van der Waals surface area contributed by atoms with E-state index in [1.807, 2.05) is 0 Å². The van der Waals surface area contributed by atoms with Crippen molar-refractivity contribution in [3.8, 4) is 0 Å². The van der Waals surface area contributed by atoms with Gasteiger partial charge in [0.05, 0.1) is 6.54 Å². The smallest absolute Gasteiger partial charge is 0.156 e. The van der Waals surface area contributed by atoms with Gasteiger partial charge in [0.25, 0.3) is 0 Å². The van der Waals surface area contributed by atoms with Gasteiger partial charge in [0, 0.05) is 0 Å². The van der Waals surface area contributed by atoms with E-state index >= 15 is 0 Å². The summed E-state index contributed by atoms with van der Waals surface area (Å²) < 4.78 is 0. The zero-order chi connectivity index (χ0) is 7.40. The van der Waals surface area contributed by atoms with Crippen molar-refractivity contribution in [2.75, 3.05) is 6.54 Å². The van der Waals surface area contributed by atoms with Gasteiger partial charge in [-0.1, -0.05) is 0 Å². The molecule has 56 valence electrons. The lowest BCUT2D eigenvalue weighted by atomic mass is 10.1. The van der Waals surface area contributed by atoms with Gasteiger partial charge in [-0.2, -0.15) is 10.2 Å². The van der Waals surface area contributed by atoms with Crippen molar-refractivity contribution >= 4 is 5.78 Å². The standard InChI is InChI=1S/C7H12N2O/c1-6(10)7-4-2-3-5-8-9-7/h7H,2-5H2,1H3. The van der Waals surface area contributed by atoms with E-state index in [1.54, 1.807) is 6.92 Å². The zero-order valence-electron chi connectivity index (χ0n) is 6.21.